The number of carbonyl (C=O) groups excluding carboxylic acids is 4. The van der Waals surface area contributed by atoms with E-state index in [1.54, 1.807) is 54.7 Å². The average molecular weight is 892 g/mol. The number of ether oxygens (including phenoxy) is 1. The van der Waals surface area contributed by atoms with Crippen molar-refractivity contribution in [2.24, 2.45) is 0 Å². The van der Waals surface area contributed by atoms with Crippen molar-refractivity contribution in [3.05, 3.63) is 88.8 Å². The van der Waals surface area contributed by atoms with E-state index in [1.165, 1.54) is 6.07 Å². The lowest BCUT2D eigenvalue weighted by atomic mass is 9.89. The van der Waals surface area contributed by atoms with Gasteiger partial charge in [-0.15, -0.1) is 0 Å². The monoisotopic (exact) mass is 891 g/mol. The van der Waals surface area contributed by atoms with Crippen molar-refractivity contribution in [2.45, 2.75) is 102 Å². The highest BCUT2D eigenvalue weighted by Gasteiger charge is 2.35. The van der Waals surface area contributed by atoms with Crippen molar-refractivity contribution >= 4 is 51.7 Å². The van der Waals surface area contributed by atoms with Gasteiger partial charge in [0.15, 0.2) is 5.82 Å². The highest BCUT2D eigenvalue weighted by atomic mass is 19.3. The number of pyridine rings is 1. The van der Waals surface area contributed by atoms with Gasteiger partial charge in [-0.05, 0) is 97.9 Å². The minimum absolute atomic E-state index is 0.0111. The van der Waals surface area contributed by atoms with Gasteiger partial charge in [-0.25, -0.2) is 13.2 Å². The maximum Gasteiger partial charge on any atom is 0.264 e. The van der Waals surface area contributed by atoms with Gasteiger partial charge in [0.25, 0.3) is 6.43 Å². The normalized spacial score (nSPS) is 19.7. The summed E-state index contributed by atoms with van der Waals surface area (Å²) in [4.78, 5) is 60.3. The molecule has 17 heteroatoms. The Morgan fingerprint density at radius 3 is 2.51 bits per heavy atom. The Labute approximate surface area is 374 Å². The molecule has 14 nitrogen and oxygen atoms in total. The highest BCUT2D eigenvalue weighted by molar-refractivity contribution is 6.01. The van der Waals surface area contributed by atoms with Gasteiger partial charge >= 0.3 is 0 Å². The summed E-state index contributed by atoms with van der Waals surface area (Å²) in [5.74, 6) is -0.673. The number of anilines is 3. The molecule has 0 spiro atoms. The second-order valence-electron chi connectivity index (χ2n) is 18.0. The van der Waals surface area contributed by atoms with Crippen molar-refractivity contribution < 1.29 is 37.1 Å². The topological polar surface area (TPSA) is 147 Å². The number of alkyl halides is 2. The van der Waals surface area contributed by atoms with Crippen molar-refractivity contribution in [3.8, 4) is 11.1 Å². The van der Waals surface area contributed by atoms with Crippen LogP contribution in [-0.2, 0) is 49.8 Å². The number of halogens is 3. The number of aryl methyl sites for hydroxylation is 1. The van der Waals surface area contributed by atoms with Crippen LogP contribution in [-0.4, -0.2) is 98.2 Å². The number of aromatic nitrogens is 4. The summed E-state index contributed by atoms with van der Waals surface area (Å²) in [6.07, 6.45) is 7.73. The lowest BCUT2D eigenvalue weighted by Gasteiger charge is -2.33. The number of fused-ring (bicyclic) bond motifs is 3. The first-order valence-corrected chi connectivity index (χ1v) is 22.8. The van der Waals surface area contributed by atoms with Crippen molar-refractivity contribution in [2.75, 3.05) is 49.6 Å². The van der Waals surface area contributed by atoms with Crippen LogP contribution in [0.25, 0.3) is 22.0 Å². The van der Waals surface area contributed by atoms with Gasteiger partial charge in [-0.2, -0.15) is 5.10 Å². The molecule has 3 fully saturated rings. The molecule has 2 aromatic carbocycles. The molecule has 1 unspecified atom stereocenters. The minimum atomic E-state index is -2.80. The first kappa shape index (κ1) is 42.7. The number of nitrogens with zero attached hydrogens (tertiary/aromatic N) is 7. The third-order valence-electron chi connectivity index (χ3n) is 14.1. The van der Waals surface area contributed by atoms with Gasteiger partial charge in [-0.1, -0.05) is 6.07 Å². The fourth-order valence-electron chi connectivity index (χ4n) is 10.6. The minimum Gasteiger partial charge on any atom is -0.381 e. The summed E-state index contributed by atoms with van der Waals surface area (Å²) in [6, 6.07) is 9.66. The smallest absolute Gasteiger partial charge is 0.264 e. The molecular formula is C48H52F3N9O5. The third kappa shape index (κ3) is 8.23. The van der Waals surface area contributed by atoms with Gasteiger partial charge in [0.05, 0.1) is 18.1 Å². The van der Waals surface area contributed by atoms with Crippen LogP contribution in [0.5, 0.6) is 0 Å². The maximum absolute atomic E-state index is 15.5. The van der Waals surface area contributed by atoms with Crippen LogP contribution >= 0.6 is 0 Å². The predicted molar refractivity (Wildman–Crippen MR) is 236 cm³/mol. The number of amides is 4. The molecule has 4 amide bonds. The Hall–Kier alpha value is -6.23. The number of likely N-dealkylation sites (tertiary alicyclic amines) is 1. The van der Waals surface area contributed by atoms with Crippen LogP contribution < -0.4 is 15.5 Å². The average Bonchev–Trinajstić information content (AvgIpc) is 3.88. The maximum atomic E-state index is 15.5. The van der Waals surface area contributed by atoms with E-state index >= 15 is 13.2 Å². The molecule has 0 aliphatic carbocycles. The van der Waals surface area contributed by atoms with Crippen LogP contribution in [0.2, 0.25) is 0 Å². The molecule has 3 saturated heterocycles. The Bertz CT molecular complexity index is 2690. The summed E-state index contributed by atoms with van der Waals surface area (Å²) >= 11 is 0. The largest absolute Gasteiger partial charge is 0.381 e. The van der Waals surface area contributed by atoms with Crippen molar-refractivity contribution in [1.29, 1.82) is 0 Å². The van der Waals surface area contributed by atoms with Crippen molar-refractivity contribution in [3.63, 3.8) is 0 Å². The van der Waals surface area contributed by atoms with E-state index in [0.717, 1.165) is 41.9 Å². The zero-order valence-corrected chi connectivity index (χ0v) is 36.3. The number of carbonyl (C=O) groups is 4. The van der Waals surface area contributed by atoms with E-state index in [1.807, 2.05) is 15.5 Å². The number of piperidine rings is 2. The summed E-state index contributed by atoms with van der Waals surface area (Å²) in [7, 11) is 0. The molecule has 0 saturated carbocycles. The van der Waals surface area contributed by atoms with E-state index in [2.05, 4.69) is 25.2 Å². The van der Waals surface area contributed by atoms with Crippen molar-refractivity contribution in [1.82, 2.24) is 34.4 Å². The zero-order valence-electron chi connectivity index (χ0n) is 36.3. The molecule has 8 heterocycles. The Kier molecular flexibility index (Phi) is 11.6. The molecule has 0 bridgehead atoms. The van der Waals surface area contributed by atoms with Gasteiger partial charge in [-0.3, -0.25) is 34.2 Å². The standard InChI is InChI=1S/C48H52F3N9O5/c1-28(61)57-18-11-42-38(26-57)47(55-60(42)32-12-19-65-20-13-32)59-15-2-3-30-21-34(35(46(50)51)23-43(30)59)37-25-58(41-8-14-52-24-36(37)41)27-45(63)56-16-9-29(10-17-56)33-5-4-31(22-39(33)49)53-40-6-7-44(62)54-48(40)64/h4-5,8,14,21-25,29,32,40,46,53H,2-3,6-7,9-13,15-20,26-27H2,1H3,(H,54,62,64). The Morgan fingerprint density at radius 2 is 1.75 bits per heavy atom. The zero-order chi connectivity index (χ0) is 44.9. The molecule has 5 aliphatic rings. The summed E-state index contributed by atoms with van der Waals surface area (Å²) in [6.45, 7) is 5.32. The number of benzene rings is 2. The molecule has 5 aliphatic heterocycles. The van der Waals surface area contributed by atoms with E-state index in [0.29, 0.717) is 117 Å². The first-order chi connectivity index (χ1) is 31.5. The Balaban J connectivity index is 0.889. The van der Waals surface area contributed by atoms with Crippen LogP contribution in [0.4, 0.5) is 30.4 Å². The predicted octanol–water partition coefficient (Wildman–Crippen LogP) is 6.94. The molecule has 1 atom stereocenters. The quantitative estimate of drug-likeness (QED) is 0.150. The first-order valence-electron chi connectivity index (χ1n) is 22.8. The van der Waals surface area contributed by atoms with Gasteiger partial charge in [0.1, 0.15) is 18.4 Å². The van der Waals surface area contributed by atoms with Gasteiger partial charge < -0.3 is 29.3 Å². The second kappa shape index (κ2) is 17.6. The van der Waals surface area contributed by atoms with E-state index < -0.39 is 24.2 Å². The molecular weight excluding hydrogens is 840 g/mol. The molecule has 0 radical (unpaired) electrons. The van der Waals surface area contributed by atoms with Crippen LogP contribution in [0.3, 0.4) is 0 Å². The van der Waals surface area contributed by atoms with Crippen LogP contribution in [0.15, 0.2) is 55.0 Å². The van der Waals surface area contributed by atoms with E-state index in [9.17, 15) is 19.2 Å². The molecule has 5 aromatic rings. The van der Waals surface area contributed by atoms with Gasteiger partial charge in [0.2, 0.25) is 23.6 Å². The molecule has 65 heavy (non-hydrogen) atoms. The number of imide groups is 1. The molecule has 10 rings (SSSR count). The highest BCUT2D eigenvalue weighted by Crippen LogP contribution is 2.45. The lowest BCUT2D eigenvalue weighted by Crippen LogP contribution is -2.47. The fraction of sp³-hybridized carbons (Fsp3) is 0.458. The number of hydrogen-bond acceptors (Lipinski definition) is 9. The summed E-state index contributed by atoms with van der Waals surface area (Å²) < 4.78 is 55.9. The molecule has 2 N–H and O–H groups in total. The SMILES string of the molecule is CC(=O)N1CCc2c(c(N3CCCc4cc(-c5cn(CC(=O)N6CCC(c7ccc(NC8CCC(=O)NC8=O)cc7F)CC6)c6ccncc56)c(C(F)F)cc43)nn2C2CCOCC2)C1. The lowest BCUT2D eigenvalue weighted by molar-refractivity contribution is -0.134. The van der Waals surface area contributed by atoms with E-state index in [4.69, 9.17) is 9.84 Å². The number of nitrogens with one attached hydrogen (secondary N) is 2. The fourth-order valence-corrected chi connectivity index (χ4v) is 10.6. The number of hydrogen-bond donors (Lipinski definition) is 2. The second-order valence-corrected chi connectivity index (χ2v) is 18.0. The van der Waals surface area contributed by atoms with Crippen LogP contribution in [0.1, 0.15) is 98.2 Å². The third-order valence-corrected chi connectivity index (χ3v) is 14.1. The Morgan fingerprint density at radius 1 is 0.938 bits per heavy atom. The number of rotatable bonds is 9. The van der Waals surface area contributed by atoms with Gasteiger partial charge in [0, 0.05) is 117 Å². The molecule has 3 aromatic heterocycles. The summed E-state index contributed by atoms with van der Waals surface area (Å²) in [5, 5.41) is 11.2. The summed E-state index contributed by atoms with van der Waals surface area (Å²) in [5.41, 5.74) is 6.22. The van der Waals surface area contributed by atoms with E-state index in [-0.39, 0.29) is 48.2 Å². The molecule has 340 valence electrons. The van der Waals surface area contributed by atoms with Crippen LogP contribution in [0, 0.1) is 5.82 Å².